The zero-order chi connectivity index (χ0) is 22.1. The van der Waals surface area contributed by atoms with E-state index in [4.69, 9.17) is 4.74 Å². The molecular weight excluding hydrogens is 384 g/mol. The lowest BCUT2D eigenvalue weighted by Gasteiger charge is -2.14. The van der Waals surface area contributed by atoms with Crippen LogP contribution in [0.15, 0.2) is 60.7 Å². The largest absolute Gasteiger partial charge is 0.508 e. The molecule has 0 spiro atoms. The number of hydrogen-bond acceptors (Lipinski definition) is 3. The van der Waals surface area contributed by atoms with Crippen molar-refractivity contribution in [3.63, 3.8) is 0 Å². The van der Waals surface area contributed by atoms with Crippen molar-refractivity contribution in [3.05, 3.63) is 77.4 Å². The molecule has 0 heterocycles. The molecule has 3 nitrogen and oxygen atoms in total. The van der Waals surface area contributed by atoms with Gasteiger partial charge in [0.15, 0.2) is 0 Å². The molecule has 2 N–H and O–H groups in total. The van der Waals surface area contributed by atoms with E-state index in [0.717, 1.165) is 35.3 Å². The quantitative estimate of drug-likeness (QED) is 0.319. The smallest absolute Gasteiger partial charge is 0.120 e. The van der Waals surface area contributed by atoms with Gasteiger partial charge in [-0.15, -0.1) is 0 Å². The molecule has 0 atom stereocenters. The van der Waals surface area contributed by atoms with Gasteiger partial charge in [-0.1, -0.05) is 69.9 Å². The Labute approximate surface area is 186 Å². The summed E-state index contributed by atoms with van der Waals surface area (Å²) in [6.07, 6.45) is 8.06. The third-order valence-electron chi connectivity index (χ3n) is 5.73. The van der Waals surface area contributed by atoms with Crippen molar-refractivity contribution in [2.75, 3.05) is 0 Å². The average molecular weight is 419 g/mol. The molecule has 0 bridgehead atoms. The average Bonchev–Trinajstić information content (AvgIpc) is 2.79. The predicted molar refractivity (Wildman–Crippen MR) is 128 cm³/mol. The Kier molecular flexibility index (Phi) is 8.40. The summed E-state index contributed by atoms with van der Waals surface area (Å²) in [6.45, 7) is 4.75. The van der Waals surface area contributed by atoms with E-state index >= 15 is 0 Å². The van der Waals surface area contributed by atoms with Crippen molar-refractivity contribution < 1.29 is 14.9 Å². The molecule has 0 saturated carbocycles. The van der Waals surface area contributed by atoms with Crippen molar-refractivity contribution in [2.45, 2.75) is 65.4 Å². The Morgan fingerprint density at radius 3 is 2.26 bits per heavy atom. The van der Waals surface area contributed by atoms with Crippen LogP contribution in [0.1, 0.15) is 62.6 Å². The van der Waals surface area contributed by atoms with Gasteiger partial charge in [0.1, 0.15) is 23.9 Å². The summed E-state index contributed by atoms with van der Waals surface area (Å²) in [7, 11) is 0. The molecule has 0 aliphatic heterocycles. The maximum Gasteiger partial charge on any atom is 0.120 e. The van der Waals surface area contributed by atoms with E-state index in [9.17, 15) is 10.2 Å². The lowest BCUT2D eigenvalue weighted by Crippen LogP contribution is -1.99. The number of ether oxygens (including phenoxy) is 1. The molecule has 3 rings (SSSR count). The standard InChI is InChI=1S/C28H34O3/c1-3-5-6-7-8-9-24-18-21(10-16-27(24)23-11-13-25(29)14-12-23)20-31-26-15-17-28(30)22(4-2)19-26/h10-19,29-30H,3-9,20H2,1-2H3. The highest BCUT2D eigenvalue weighted by atomic mass is 16.5. The van der Waals surface area contributed by atoms with Gasteiger partial charge in [-0.3, -0.25) is 0 Å². The van der Waals surface area contributed by atoms with Crippen LogP contribution in [0.2, 0.25) is 0 Å². The summed E-state index contributed by atoms with van der Waals surface area (Å²) in [6, 6.07) is 19.4. The minimum atomic E-state index is 0.287. The molecule has 0 amide bonds. The highest BCUT2D eigenvalue weighted by Gasteiger charge is 2.09. The van der Waals surface area contributed by atoms with E-state index < -0.39 is 0 Å². The van der Waals surface area contributed by atoms with Crippen molar-refractivity contribution >= 4 is 0 Å². The van der Waals surface area contributed by atoms with Crippen molar-refractivity contribution in [2.24, 2.45) is 0 Å². The molecule has 31 heavy (non-hydrogen) atoms. The van der Waals surface area contributed by atoms with Crippen LogP contribution in [-0.2, 0) is 19.4 Å². The Bertz CT molecular complexity index is 960. The molecule has 0 fully saturated rings. The number of aromatic hydroxyl groups is 2. The molecule has 0 aromatic heterocycles. The van der Waals surface area contributed by atoms with E-state index in [-0.39, 0.29) is 5.75 Å². The summed E-state index contributed by atoms with van der Waals surface area (Å²) < 4.78 is 6.02. The maximum atomic E-state index is 9.88. The summed E-state index contributed by atoms with van der Waals surface area (Å²) in [5.41, 5.74) is 5.70. The summed E-state index contributed by atoms with van der Waals surface area (Å²) in [5, 5.41) is 19.5. The first kappa shape index (κ1) is 22.7. The molecule has 3 heteroatoms. The van der Waals surface area contributed by atoms with E-state index in [1.54, 1.807) is 18.2 Å². The molecule has 0 aliphatic rings. The van der Waals surface area contributed by atoms with Gasteiger partial charge in [-0.2, -0.15) is 0 Å². The predicted octanol–water partition coefficient (Wildman–Crippen LogP) is 7.42. The number of hydrogen-bond donors (Lipinski definition) is 2. The van der Waals surface area contributed by atoms with E-state index in [0.29, 0.717) is 12.4 Å². The number of aryl methyl sites for hydroxylation is 2. The van der Waals surface area contributed by atoms with Gasteiger partial charge in [0.2, 0.25) is 0 Å². The van der Waals surface area contributed by atoms with Crippen molar-refractivity contribution in [1.82, 2.24) is 0 Å². The highest BCUT2D eigenvalue weighted by molar-refractivity contribution is 5.68. The van der Waals surface area contributed by atoms with Crippen molar-refractivity contribution in [1.29, 1.82) is 0 Å². The van der Waals surface area contributed by atoms with Crippen LogP contribution in [-0.4, -0.2) is 10.2 Å². The van der Waals surface area contributed by atoms with E-state index in [1.807, 2.05) is 31.2 Å². The summed E-state index contributed by atoms with van der Waals surface area (Å²) in [5.74, 6) is 1.38. The number of rotatable bonds is 11. The third-order valence-corrected chi connectivity index (χ3v) is 5.73. The second-order valence-electron chi connectivity index (χ2n) is 8.14. The molecule has 0 saturated heterocycles. The number of phenols is 2. The Balaban J connectivity index is 1.76. The highest BCUT2D eigenvalue weighted by Crippen LogP contribution is 2.29. The van der Waals surface area contributed by atoms with Crippen LogP contribution in [0.4, 0.5) is 0 Å². The minimum Gasteiger partial charge on any atom is -0.508 e. The zero-order valence-corrected chi connectivity index (χ0v) is 18.7. The van der Waals surface area contributed by atoms with Crippen LogP contribution >= 0.6 is 0 Å². The normalized spacial score (nSPS) is 10.9. The Morgan fingerprint density at radius 2 is 1.52 bits per heavy atom. The van der Waals surface area contributed by atoms with Crippen LogP contribution in [0, 0.1) is 0 Å². The minimum absolute atomic E-state index is 0.287. The molecule has 3 aromatic carbocycles. The number of benzene rings is 3. The molecule has 0 radical (unpaired) electrons. The topological polar surface area (TPSA) is 49.7 Å². The second-order valence-corrected chi connectivity index (χ2v) is 8.14. The molecule has 164 valence electrons. The van der Waals surface area contributed by atoms with Crippen LogP contribution in [0.3, 0.4) is 0 Å². The van der Waals surface area contributed by atoms with Gasteiger partial charge in [-0.05, 0) is 77.4 Å². The first-order valence-electron chi connectivity index (χ1n) is 11.5. The third kappa shape index (κ3) is 6.52. The fourth-order valence-electron chi connectivity index (χ4n) is 3.89. The Hall–Kier alpha value is -2.94. The SMILES string of the molecule is CCCCCCCc1cc(COc2ccc(O)c(CC)c2)ccc1-c1ccc(O)cc1. The van der Waals surface area contributed by atoms with Crippen LogP contribution in [0.25, 0.3) is 11.1 Å². The zero-order valence-electron chi connectivity index (χ0n) is 18.7. The first-order valence-corrected chi connectivity index (χ1v) is 11.5. The summed E-state index contributed by atoms with van der Waals surface area (Å²) in [4.78, 5) is 0. The molecule has 3 aromatic rings. The number of phenolic OH excluding ortho intramolecular Hbond substituents is 2. The first-order chi connectivity index (χ1) is 15.1. The van der Waals surface area contributed by atoms with Gasteiger partial charge < -0.3 is 14.9 Å². The molecular formula is C28H34O3. The summed E-state index contributed by atoms with van der Waals surface area (Å²) >= 11 is 0. The fourth-order valence-corrected chi connectivity index (χ4v) is 3.89. The maximum absolute atomic E-state index is 9.88. The van der Waals surface area contributed by atoms with Gasteiger partial charge in [0, 0.05) is 0 Å². The van der Waals surface area contributed by atoms with E-state index in [1.165, 1.54) is 43.2 Å². The lowest BCUT2D eigenvalue weighted by molar-refractivity contribution is 0.305. The van der Waals surface area contributed by atoms with Gasteiger partial charge in [0.05, 0.1) is 0 Å². The number of unbranched alkanes of at least 4 members (excludes halogenated alkanes) is 4. The molecule has 0 unspecified atom stereocenters. The Morgan fingerprint density at radius 1 is 0.742 bits per heavy atom. The molecule has 0 aliphatic carbocycles. The van der Waals surface area contributed by atoms with Gasteiger partial charge in [-0.25, -0.2) is 0 Å². The lowest BCUT2D eigenvalue weighted by atomic mass is 9.94. The fraction of sp³-hybridized carbons (Fsp3) is 0.357. The van der Waals surface area contributed by atoms with Crippen molar-refractivity contribution in [3.8, 4) is 28.4 Å². The van der Waals surface area contributed by atoms with Crippen LogP contribution < -0.4 is 4.74 Å². The monoisotopic (exact) mass is 418 g/mol. The van der Waals surface area contributed by atoms with Gasteiger partial charge in [0.25, 0.3) is 0 Å². The van der Waals surface area contributed by atoms with Crippen LogP contribution in [0.5, 0.6) is 17.2 Å². The van der Waals surface area contributed by atoms with Gasteiger partial charge >= 0.3 is 0 Å². The van der Waals surface area contributed by atoms with E-state index in [2.05, 4.69) is 25.1 Å². The second kappa shape index (κ2) is 11.5.